The number of aryl methyl sites for hydroxylation is 5. The molecule has 31 heavy (non-hydrogen) atoms. The first-order chi connectivity index (χ1) is 14.8. The van der Waals surface area contributed by atoms with Crippen LogP contribution in [-0.4, -0.2) is 37.0 Å². The van der Waals surface area contributed by atoms with E-state index in [4.69, 9.17) is 0 Å². The monoisotopic (exact) mass is 420 g/mol. The lowest BCUT2D eigenvalue weighted by atomic mass is 10.1. The molecule has 0 atom stereocenters. The molecule has 160 valence electrons. The Balaban J connectivity index is 1.56. The maximum atomic E-state index is 13.3. The summed E-state index contributed by atoms with van der Waals surface area (Å²) in [6, 6.07) is 9.86. The quantitative estimate of drug-likeness (QED) is 0.481. The van der Waals surface area contributed by atoms with Crippen LogP contribution >= 0.6 is 0 Å². The summed E-state index contributed by atoms with van der Waals surface area (Å²) in [7, 11) is 0. The number of hydrogen-bond donors (Lipinski definition) is 1. The minimum absolute atomic E-state index is 0.161. The highest BCUT2D eigenvalue weighted by molar-refractivity contribution is 6.06. The summed E-state index contributed by atoms with van der Waals surface area (Å²) < 4.78 is 16.9. The van der Waals surface area contributed by atoms with Gasteiger partial charge in [-0.05, 0) is 70.5 Å². The fraction of sp³-hybridized carbons (Fsp3) is 0.304. The number of carbonyl (C=O) groups is 1. The van der Waals surface area contributed by atoms with Crippen molar-refractivity contribution in [3.05, 3.63) is 70.6 Å². The Kier molecular flexibility index (Phi) is 5.54. The van der Waals surface area contributed by atoms with Crippen molar-refractivity contribution in [2.75, 3.05) is 6.54 Å². The third-order valence-electron chi connectivity index (χ3n) is 5.19. The molecule has 0 saturated carbocycles. The van der Waals surface area contributed by atoms with Crippen LogP contribution in [0.2, 0.25) is 0 Å². The van der Waals surface area contributed by atoms with E-state index in [1.807, 2.05) is 38.4 Å². The Bertz CT molecular complexity index is 1260. The number of nitrogens with zero attached hydrogens (tertiary/aromatic N) is 5. The molecule has 1 N–H and O–H groups in total. The second-order valence-electron chi connectivity index (χ2n) is 7.74. The molecule has 3 heterocycles. The Hall–Kier alpha value is -3.55. The molecule has 0 aliphatic rings. The molecule has 8 heteroatoms. The number of carbonyl (C=O) groups excluding carboxylic acids is 1. The molecule has 4 rings (SSSR count). The van der Waals surface area contributed by atoms with Crippen LogP contribution in [0.4, 0.5) is 4.39 Å². The molecule has 0 spiro atoms. The summed E-state index contributed by atoms with van der Waals surface area (Å²) in [6.07, 6.45) is 0.773. The van der Waals surface area contributed by atoms with Crippen LogP contribution in [-0.2, 0) is 6.54 Å². The number of amides is 1. The van der Waals surface area contributed by atoms with E-state index < -0.39 is 0 Å². The molecular formula is C23H25FN6O. The van der Waals surface area contributed by atoms with Crippen LogP contribution in [0.15, 0.2) is 36.4 Å². The number of hydrogen-bond acceptors (Lipinski definition) is 4. The van der Waals surface area contributed by atoms with Crippen LogP contribution < -0.4 is 5.32 Å². The van der Waals surface area contributed by atoms with Crippen molar-refractivity contribution in [2.24, 2.45) is 0 Å². The largest absolute Gasteiger partial charge is 0.352 e. The maximum Gasteiger partial charge on any atom is 0.252 e. The molecule has 3 aromatic heterocycles. The van der Waals surface area contributed by atoms with Gasteiger partial charge in [0.05, 0.1) is 28.0 Å². The molecular weight excluding hydrogens is 395 g/mol. The number of halogens is 1. The van der Waals surface area contributed by atoms with Crippen LogP contribution in [0.1, 0.15) is 39.6 Å². The smallest absolute Gasteiger partial charge is 0.252 e. The van der Waals surface area contributed by atoms with E-state index in [2.05, 4.69) is 20.5 Å². The lowest BCUT2D eigenvalue weighted by molar-refractivity contribution is 0.0954. The van der Waals surface area contributed by atoms with Gasteiger partial charge in [-0.2, -0.15) is 10.2 Å². The highest BCUT2D eigenvalue weighted by Crippen LogP contribution is 2.25. The van der Waals surface area contributed by atoms with Gasteiger partial charge in [-0.3, -0.25) is 9.48 Å². The van der Waals surface area contributed by atoms with Crippen molar-refractivity contribution in [3.8, 4) is 5.69 Å². The number of benzene rings is 1. The summed E-state index contributed by atoms with van der Waals surface area (Å²) in [5.74, 6) is -0.479. The lowest BCUT2D eigenvalue weighted by Gasteiger charge is -2.09. The molecule has 0 aliphatic heterocycles. The van der Waals surface area contributed by atoms with Gasteiger partial charge in [0.25, 0.3) is 5.91 Å². The van der Waals surface area contributed by atoms with E-state index in [1.54, 1.807) is 22.9 Å². The second kappa shape index (κ2) is 8.29. The van der Waals surface area contributed by atoms with Gasteiger partial charge in [-0.15, -0.1) is 0 Å². The minimum Gasteiger partial charge on any atom is -0.352 e. The molecule has 0 fully saturated rings. The molecule has 4 aromatic rings. The average Bonchev–Trinajstić information content (AvgIpc) is 3.23. The molecule has 1 amide bonds. The van der Waals surface area contributed by atoms with Gasteiger partial charge in [0.1, 0.15) is 5.82 Å². The minimum atomic E-state index is -0.318. The van der Waals surface area contributed by atoms with Gasteiger partial charge < -0.3 is 5.32 Å². The predicted molar refractivity (Wildman–Crippen MR) is 117 cm³/mol. The van der Waals surface area contributed by atoms with Gasteiger partial charge in [0.2, 0.25) is 0 Å². The van der Waals surface area contributed by atoms with Gasteiger partial charge in [0, 0.05) is 24.5 Å². The van der Waals surface area contributed by atoms with Crippen molar-refractivity contribution in [2.45, 2.75) is 40.7 Å². The van der Waals surface area contributed by atoms with Gasteiger partial charge >= 0.3 is 0 Å². The first-order valence-electron chi connectivity index (χ1n) is 10.3. The fourth-order valence-electron chi connectivity index (χ4n) is 3.78. The second-order valence-corrected chi connectivity index (χ2v) is 7.74. The molecule has 0 aliphatic carbocycles. The van der Waals surface area contributed by atoms with Crippen molar-refractivity contribution in [1.29, 1.82) is 0 Å². The summed E-state index contributed by atoms with van der Waals surface area (Å²) in [4.78, 5) is 17.6. The Morgan fingerprint density at radius 2 is 1.77 bits per heavy atom. The third kappa shape index (κ3) is 4.19. The van der Waals surface area contributed by atoms with Crippen LogP contribution in [0.5, 0.6) is 0 Å². The molecule has 0 bridgehead atoms. The SMILES string of the molecule is Cc1cc(C(=O)NCCCn2nc(C)cc2C)c2c(C)nn(-c3ccc(F)cc3)c2n1. The normalized spacial score (nSPS) is 11.3. The van der Waals surface area contributed by atoms with Crippen molar-refractivity contribution >= 4 is 16.9 Å². The summed E-state index contributed by atoms with van der Waals surface area (Å²) in [5.41, 5.74) is 5.32. The Labute approximate surface area is 179 Å². The van der Waals surface area contributed by atoms with Crippen LogP contribution in [0.3, 0.4) is 0 Å². The number of pyridine rings is 1. The van der Waals surface area contributed by atoms with Crippen LogP contribution in [0, 0.1) is 33.5 Å². The zero-order valence-electron chi connectivity index (χ0n) is 18.1. The standard InChI is InChI=1S/C23H25FN6O/c1-14-13-20(23(31)25-10-5-11-29-16(3)12-15(2)27-29)21-17(4)28-30(22(21)26-14)19-8-6-18(24)7-9-19/h6-9,12-13H,5,10-11H2,1-4H3,(H,25,31). The molecule has 0 saturated heterocycles. The number of rotatable bonds is 6. The Morgan fingerprint density at radius 1 is 1.03 bits per heavy atom. The lowest BCUT2D eigenvalue weighted by Crippen LogP contribution is -2.26. The zero-order valence-corrected chi connectivity index (χ0v) is 18.1. The predicted octanol–water partition coefficient (Wildman–Crippen LogP) is 3.81. The summed E-state index contributed by atoms with van der Waals surface area (Å²) >= 11 is 0. The molecule has 0 radical (unpaired) electrons. The van der Waals surface area contributed by atoms with Crippen molar-refractivity contribution < 1.29 is 9.18 Å². The molecule has 0 unspecified atom stereocenters. The third-order valence-corrected chi connectivity index (χ3v) is 5.19. The van der Waals surface area contributed by atoms with Gasteiger partial charge in [-0.1, -0.05) is 0 Å². The van der Waals surface area contributed by atoms with E-state index in [1.165, 1.54) is 12.1 Å². The van der Waals surface area contributed by atoms with E-state index in [9.17, 15) is 9.18 Å². The van der Waals surface area contributed by atoms with Crippen molar-refractivity contribution in [1.82, 2.24) is 29.9 Å². The summed E-state index contributed by atoms with van der Waals surface area (Å²) in [5, 5.41) is 12.7. The maximum absolute atomic E-state index is 13.3. The number of fused-ring (bicyclic) bond motifs is 1. The van der Waals surface area contributed by atoms with E-state index in [-0.39, 0.29) is 11.7 Å². The number of nitrogens with one attached hydrogen (secondary N) is 1. The van der Waals surface area contributed by atoms with Crippen LogP contribution in [0.25, 0.3) is 16.7 Å². The first kappa shape index (κ1) is 20.7. The van der Waals surface area contributed by atoms with Gasteiger partial charge in [-0.25, -0.2) is 14.1 Å². The fourth-order valence-corrected chi connectivity index (χ4v) is 3.78. The highest BCUT2D eigenvalue weighted by atomic mass is 19.1. The topological polar surface area (TPSA) is 77.6 Å². The average molecular weight is 420 g/mol. The molecule has 7 nitrogen and oxygen atoms in total. The van der Waals surface area contributed by atoms with E-state index >= 15 is 0 Å². The zero-order chi connectivity index (χ0) is 22.1. The van der Waals surface area contributed by atoms with Gasteiger partial charge in [0.15, 0.2) is 5.65 Å². The first-order valence-corrected chi connectivity index (χ1v) is 10.3. The van der Waals surface area contributed by atoms with E-state index in [0.29, 0.717) is 40.2 Å². The Morgan fingerprint density at radius 3 is 2.45 bits per heavy atom. The molecule has 1 aromatic carbocycles. The van der Waals surface area contributed by atoms with Crippen molar-refractivity contribution in [3.63, 3.8) is 0 Å². The van der Waals surface area contributed by atoms with E-state index in [0.717, 1.165) is 24.4 Å². The summed E-state index contributed by atoms with van der Waals surface area (Å²) in [6.45, 7) is 8.96. The number of aromatic nitrogens is 5. The highest BCUT2D eigenvalue weighted by Gasteiger charge is 2.19.